The number of halogens is 3. The van der Waals surface area contributed by atoms with Gasteiger partial charge >= 0.3 is 6.18 Å². The smallest absolute Gasteiger partial charge is 0.396 e. The van der Waals surface area contributed by atoms with Crippen molar-refractivity contribution < 1.29 is 28.2 Å². The number of pyridine rings is 1. The Hall–Kier alpha value is -1.87. The summed E-state index contributed by atoms with van der Waals surface area (Å²) in [7, 11) is 0. The Morgan fingerprint density at radius 1 is 1.41 bits per heavy atom. The summed E-state index contributed by atoms with van der Waals surface area (Å²) in [5, 5.41) is 18.8. The maximum atomic E-state index is 12.5. The van der Waals surface area contributed by atoms with E-state index in [1.165, 1.54) is 4.90 Å². The number of alkyl halides is 3. The molecule has 0 bridgehead atoms. The minimum Gasteiger partial charge on any atom is -0.396 e. The highest BCUT2D eigenvalue weighted by Gasteiger charge is 2.34. The van der Waals surface area contributed by atoms with Crippen LogP contribution in [0.25, 0.3) is 0 Å². The molecule has 0 saturated carbocycles. The average Bonchev–Trinajstić information content (AvgIpc) is 2.45. The molecule has 6 nitrogen and oxygen atoms in total. The number of carbonyl (C=O) groups is 1. The first-order valence-electron chi connectivity index (χ1n) is 6.62. The molecule has 1 aromatic heterocycles. The Morgan fingerprint density at radius 2 is 2.09 bits per heavy atom. The van der Waals surface area contributed by atoms with Gasteiger partial charge in [-0.2, -0.15) is 13.2 Å². The van der Waals surface area contributed by atoms with Crippen LogP contribution in [0.2, 0.25) is 0 Å². The van der Waals surface area contributed by atoms with E-state index in [0.29, 0.717) is 12.5 Å². The second-order valence-corrected chi connectivity index (χ2v) is 5.16. The van der Waals surface area contributed by atoms with Crippen molar-refractivity contribution in [1.29, 1.82) is 0 Å². The summed E-state index contributed by atoms with van der Waals surface area (Å²) >= 11 is 0. The van der Waals surface area contributed by atoms with E-state index in [9.17, 15) is 27.9 Å². The molecule has 1 fully saturated rings. The molecule has 9 heteroatoms. The summed E-state index contributed by atoms with van der Waals surface area (Å²) in [5.41, 5.74) is -2.77. The van der Waals surface area contributed by atoms with Crippen molar-refractivity contribution in [2.75, 3.05) is 19.7 Å². The van der Waals surface area contributed by atoms with E-state index in [2.05, 4.69) is 0 Å². The van der Waals surface area contributed by atoms with E-state index in [1.807, 2.05) is 0 Å². The first-order chi connectivity index (χ1) is 10.2. The number of amides is 1. The molecule has 1 amide bonds. The third-order valence-electron chi connectivity index (χ3n) is 3.69. The number of aromatic nitrogens is 1. The summed E-state index contributed by atoms with van der Waals surface area (Å²) in [6, 6.07) is 1.46. The Labute approximate surface area is 123 Å². The van der Waals surface area contributed by atoms with E-state index in [0.717, 1.165) is 6.07 Å². The minimum absolute atomic E-state index is 0.0788. The van der Waals surface area contributed by atoms with Crippen molar-refractivity contribution in [2.45, 2.75) is 18.7 Å². The molecule has 0 unspecified atom stereocenters. The van der Waals surface area contributed by atoms with Gasteiger partial charge in [0, 0.05) is 25.6 Å². The maximum Gasteiger partial charge on any atom is 0.431 e. The molecule has 0 spiro atoms. The van der Waals surface area contributed by atoms with Crippen molar-refractivity contribution in [3.63, 3.8) is 0 Å². The number of hydrogen-bond acceptors (Lipinski definition) is 4. The van der Waals surface area contributed by atoms with Crippen molar-refractivity contribution in [3.8, 4) is 0 Å². The first-order valence-corrected chi connectivity index (χ1v) is 6.62. The van der Waals surface area contributed by atoms with Gasteiger partial charge in [-0.1, -0.05) is 0 Å². The SMILES string of the molecule is O=C(c1ccc(C(F)(F)F)[nH]c1=O)N1CC[C@@H](CO)[C@H](O)C1. The maximum absolute atomic E-state index is 12.5. The van der Waals surface area contributed by atoms with Crippen LogP contribution in [-0.4, -0.2) is 51.8 Å². The Bertz CT molecular complexity index is 614. The second-order valence-electron chi connectivity index (χ2n) is 5.16. The first kappa shape index (κ1) is 16.5. The molecule has 0 aromatic carbocycles. The quantitative estimate of drug-likeness (QED) is 0.726. The van der Waals surface area contributed by atoms with Gasteiger partial charge in [0.1, 0.15) is 11.3 Å². The normalized spacial score (nSPS) is 22.7. The van der Waals surface area contributed by atoms with Crippen LogP contribution in [0.1, 0.15) is 22.5 Å². The number of aliphatic hydroxyl groups is 2. The standard InChI is InChI=1S/C13H15F3N2O4/c14-13(15,16)10-2-1-8(11(21)17-10)12(22)18-4-3-7(6-19)9(20)5-18/h1-2,7,9,19-20H,3-6H2,(H,17,21)/t7-,9+/m0/s1. The van der Waals surface area contributed by atoms with Crippen LogP contribution in [0.15, 0.2) is 16.9 Å². The molecule has 122 valence electrons. The highest BCUT2D eigenvalue weighted by molar-refractivity contribution is 5.93. The molecule has 2 heterocycles. The summed E-state index contributed by atoms with van der Waals surface area (Å²) in [6.45, 7) is -0.0871. The number of piperidine rings is 1. The minimum atomic E-state index is -4.70. The van der Waals surface area contributed by atoms with Gasteiger partial charge in [0.05, 0.1) is 6.10 Å². The Balaban J connectivity index is 2.19. The number of β-amino-alcohol motifs (C(OH)–C–C–N with tert-alkyl or cyclic N) is 1. The number of carbonyl (C=O) groups excluding carboxylic acids is 1. The van der Waals surface area contributed by atoms with E-state index in [-0.39, 0.29) is 25.6 Å². The van der Waals surface area contributed by atoms with Gasteiger partial charge in [-0.15, -0.1) is 0 Å². The van der Waals surface area contributed by atoms with Crippen LogP contribution in [-0.2, 0) is 6.18 Å². The van der Waals surface area contributed by atoms with E-state index < -0.39 is 35.0 Å². The van der Waals surface area contributed by atoms with E-state index in [4.69, 9.17) is 5.11 Å². The van der Waals surface area contributed by atoms with Crippen LogP contribution < -0.4 is 5.56 Å². The van der Waals surface area contributed by atoms with Gasteiger partial charge in [-0.25, -0.2) is 0 Å². The van der Waals surface area contributed by atoms with Gasteiger partial charge in [-0.3, -0.25) is 9.59 Å². The fourth-order valence-corrected chi connectivity index (χ4v) is 2.36. The number of aliphatic hydroxyl groups excluding tert-OH is 2. The van der Waals surface area contributed by atoms with Gasteiger partial charge < -0.3 is 20.1 Å². The van der Waals surface area contributed by atoms with Crippen molar-refractivity contribution >= 4 is 5.91 Å². The molecule has 22 heavy (non-hydrogen) atoms. The molecule has 2 atom stereocenters. The van der Waals surface area contributed by atoms with Crippen molar-refractivity contribution in [1.82, 2.24) is 9.88 Å². The zero-order valence-electron chi connectivity index (χ0n) is 11.4. The number of rotatable bonds is 2. The van der Waals surface area contributed by atoms with Gasteiger partial charge in [0.2, 0.25) is 0 Å². The molecule has 0 aliphatic carbocycles. The van der Waals surface area contributed by atoms with Crippen molar-refractivity contribution in [2.24, 2.45) is 5.92 Å². The van der Waals surface area contributed by atoms with Gasteiger partial charge in [0.15, 0.2) is 0 Å². The van der Waals surface area contributed by atoms with Crippen molar-refractivity contribution in [3.05, 3.63) is 33.7 Å². The highest BCUT2D eigenvalue weighted by atomic mass is 19.4. The fraction of sp³-hybridized carbons (Fsp3) is 0.538. The highest BCUT2D eigenvalue weighted by Crippen LogP contribution is 2.26. The molecule has 2 rings (SSSR count). The molecule has 0 radical (unpaired) electrons. The summed E-state index contributed by atoms with van der Waals surface area (Å²) in [6.07, 6.45) is -5.28. The molecule has 1 aliphatic rings. The van der Waals surface area contributed by atoms with Crippen LogP contribution in [0.5, 0.6) is 0 Å². The zero-order chi connectivity index (χ0) is 16.5. The fourth-order valence-electron chi connectivity index (χ4n) is 2.36. The third kappa shape index (κ3) is 3.30. The number of nitrogens with one attached hydrogen (secondary N) is 1. The monoisotopic (exact) mass is 320 g/mol. The molecule has 1 aliphatic heterocycles. The van der Waals surface area contributed by atoms with E-state index >= 15 is 0 Å². The largest absolute Gasteiger partial charge is 0.431 e. The number of hydrogen-bond donors (Lipinski definition) is 3. The lowest BCUT2D eigenvalue weighted by Gasteiger charge is -2.35. The Morgan fingerprint density at radius 3 is 2.59 bits per heavy atom. The second kappa shape index (κ2) is 6.09. The van der Waals surface area contributed by atoms with E-state index in [1.54, 1.807) is 4.98 Å². The molecule has 3 N–H and O–H groups in total. The zero-order valence-corrected chi connectivity index (χ0v) is 11.4. The topological polar surface area (TPSA) is 93.6 Å². The molecule has 1 aromatic rings. The van der Waals surface area contributed by atoms with Crippen LogP contribution in [0.3, 0.4) is 0 Å². The van der Waals surface area contributed by atoms with Crippen LogP contribution >= 0.6 is 0 Å². The molecule has 1 saturated heterocycles. The predicted octanol–water partition coefficient (Wildman–Crippen LogP) is 0.209. The number of nitrogens with zero attached hydrogens (tertiary/aromatic N) is 1. The summed E-state index contributed by atoms with van der Waals surface area (Å²) in [5.74, 6) is -1.10. The van der Waals surface area contributed by atoms with Gasteiger partial charge in [-0.05, 0) is 18.6 Å². The van der Waals surface area contributed by atoms with Crippen LogP contribution in [0, 0.1) is 5.92 Å². The number of aromatic amines is 1. The summed E-state index contributed by atoms with van der Waals surface area (Å²) in [4.78, 5) is 26.7. The van der Waals surface area contributed by atoms with Crippen LogP contribution in [0.4, 0.5) is 13.2 Å². The number of likely N-dealkylation sites (tertiary alicyclic amines) is 1. The van der Waals surface area contributed by atoms with Gasteiger partial charge in [0.25, 0.3) is 11.5 Å². The molecular weight excluding hydrogens is 305 g/mol. The lowest BCUT2D eigenvalue weighted by atomic mass is 9.94. The Kier molecular flexibility index (Phi) is 4.57. The lowest BCUT2D eigenvalue weighted by molar-refractivity contribution is -0.141. The predicted molar refractivity (Wildman–Crippen MR) is 69.2 cm³/mol. The average molecular weight is 320 g/mol. The number of H-pyrrole nitrogens is 1. The molecular formula is C13H15F3N2O4. The summed E-state index contributed by atoms with van der Waals surface area (Å²) < 4.78 is 37.4. The lowest BCUT2D eigenvalue weighted by Crippen LogP contribution is -2.48. The third-order valence-corrected chi connectivity index (χ3v) is 3.69.